The molecule has 26 heavy (non-hydrogen) atoms. The molecule has 0 radical (unpaired) electrons. The Labute approximate surface area is 162 Å². The number of anilines is 2. The van der Waals surface area contributed by atoms with Crippen LogP contribution in [0.25, 0.3) is 11.3 Å². The van der Waals surface area contributed by atoms with E-state index < -0.39 is 0 Å². The molecule has 1 aromatic heterocycles. The zero-order valence-corrected chi connectivity index (χ0v) is 16.5. The van der Waals surface area contributed by atoms with Gasteiger partial charge in [-0.05, 0) is 37.5 Å². The third kappa shape index (κ3) is 3.91. The second kappa shape index (κ2) is 8.18. The van der Waals surface area contributed by atoms with Crippen LogP contribution < -0.4 is 10.2 Å². The number of aromatic nitrogens is 1. The monoisotopic (exact) mass is 391 g/mol. The predicted molar refractivity (Wildman–Crippen MR) is 107 cm³/mol. The Hall–Kier alpha value is -1.92. The van der Waals surface area contributed by atoms with Gasteiger partial charge in [-0.25, -0.2) is 4.98 Å². The summed E-state index contributed by atoms with van der Waals surface area (Å²) >= 11 is 6.97. The lowest BCUT2D eigenvalue weighted by molar-refractivity contribution is -0.119. The lowest BCUT2D eigenvalue weighted by atomic mass is 10.1. The summed E-state index contributed by atoms with van der Waals surface area (Å²) in [6, 6.07) is 6.28. The first-order valence-electron chi connectivity index (χ1n) is 8.80. The quantitative estimate of drug-likeness (QED) is 0.739. The van der Waals surface area contributed by atoms with E-state index >= 15 is 0 Å². The predicted octanol–water partition coefficient (Wildman–Crippen LogP) is 4.46. The van der Waals surface area contributed by atoms with Gasteiger partial charge in [0.2, 0.25) is 11.8 Å². The maximum atomic E-state index is 12.4. The number of thiazole rings is 1. The minimum atomic E-state index is -0.131. The van der Waals surface area contributed by atoms with Crippen molar-refractivity contribution in [3.05, 3.63) is 29.1 Å². The fourth-order valence-corrected chi connectivity index (χ4v) is 4.14. The highest BCUT2D eigenvalue weighted by Gasteiger charge is 2.30. The fourth-order valence-electron chi connectivity index (χ4n) is 3.24. The van der Waals surface area contributed by atoms with Gasteiger partial charge in [0.1, 0.15) is 0 Å². The number of halogens is 1. The molecule has 0 bridgehead atoms. The van der Waals surface area contributed by atoms with Crippen LogP contribution in [0.2, 0.25) is 0 Å². The molecule has 3 rings (SSSR count). The van der Waals surface area contributed by atoms with Crippen LogP contribution in [0.1, 0.15) is 38.7 Å². The van der Waals surface area contributed by atoms with Gasteiger partial charge in [0, 0.05) is 41.4 Å². The van der Waals surface area contributed by atoms with Crippen LogP contribution in [-0.2, 0) is 16.0 Å². The number of nitrogens with zero attached hydrogens (tertiary/aromatic N) is 2. The molecule has 1 unspecified atom stereocenters. The Kier molecular flexibility index (Phi) is 5.94. The number of rotatable bonds is 6. The summed E-state index contributed by atoms with van der Waals surface area (Å²) < 4.78 is 0. The lowest BCUT2D eigenvalue weighted by Gasteiger charge is -2.22. The van der Waals surface area contributed by atoms with Crippen molar-refractivity contribution in [3.63, 3.8) is 0 Å². The largest absolute Gasteiger partial charge is 0.309 e. The maximum Gasteiger partial charge on any atom is 0.227 e. The number of amides is 2. The van der Waals surface area contributed by atoms with E-state index in [0.29, 0.717) is 17.4 Å². The number of carbonyl (C=O) groups excluding carboxylic acids is 2. The second-order valence-corrected chi connectivity index (χ2v) is 7.67. The van der Waals surface area contributed by atoms with E-state index in [1.807, 2.05) is 29.3 Å². The molecular weight excluding hydrogens is 370 g/mol. The molecule has 7 heteroatoms. The van der Waals surface area contributed by atoms with Gasteiger partial charge in [-0.3, -0.25) is 9.59 Å². The van der Waals surface area contributed by atoms with Gasteiger partial charge in [-0.1, -0.05) is 13.0 Å². The van der Waals surface area contributed by atoms with Gasteiger partial charge in [-0.2, -0.15) is 0 Å². The van der Waals surface area contributed by atoms with Crippen LogP contribution in [0, 0.1) is 0 Å². The van der Waals surface area contributed by atoms with Crippen molar-refractivity contribution in [3.8, 4) is 11.3 Å². The van der Waals surface area contributed by atoms with Crippen molar-refractivity contribution in [2.24, 2.45) is 0 Å². The summed E-state index contributed by atoms with van der Waals surface area (Å²) in [5.41, 5.74) is 3.99. The van der Waals surface area contributed by atoms with Crippen molar-refractivity contribution in [2.45, 2.75) is 45.6 Å². The fraction of sp³-hybridized carbons (Fsp3) is 0.421. The number of carbonyl (C=O) groups is 2. The Morgan fingerprint density at radius 2 is 2.19 bits per heavy atom. The topological polar surface area (TPSA) is 62.3 Å². The first-order chi connectivity index (χ1) is 12.5. The molecule has 2 amide bonds. The molecule has 2 aromatic rings. The van der Waals surface area contributed by atoms with Crippen molar-refractivity contribution in [1.82, 2.24) is 4.98 Å². The lowest BCUT2D eigenvalue weighted by Crippen LogP contribution is -2.35. The number of fused-ring (bicyclic) bond motifs is 1. The van der Waals surface area contributed by atoms with E-state index in [1.165, 1.54) is 16.9 Å². The third-order valence-corrected chi connectivity index (χ3v) is 5.34. The minimum absolute atomic E-state index is 0.131. The minimum Gasteiger partial charge on any atom is -0.309 e. The molecule has 1 N–H and O–H groups in total. The molecule has 1 aliphatic rings. The molecule has 0 fully saturated rings. The molecule has 0 saturated heterocycles. The van der Waals surface area contributed by atoms with Gasteiger partial charge < -0.3 is 10.2 Å². The molecule has 1 aliphatic heterocycles. The summed E-state index contributed by atoms with van der Waals surface area (Å²) in [5.74, 6) is 0.346. The summed E-state index contributed by atoms with van der Waals surface area (Å²) in [6.07, 6.45) is 2.55. The van der Waals surface area contributed by atoms with Crippen molar-refractivity contribution < 1.29 is 9.59 Å². The standard InChI is InChI=1S/C19H22ClN3O2S/c1-3-4-18(25)23-12(2)9-14-10-13(5-6-16(14)23)15-11-26-19(21-15)22-17(24)7-8-20/h5-6,10-12H,3-4,7-9H2,1-2H3,(H,21,22,24). The molecule has 1 atom stereocenters. The first-order valence-corrected chi connectivity index (χ1v) is 10.2. The number of nitrogens with one attached hydrogen (secondary N) is 1. The zero-order chi connectivity index (χ0) is 18.7. The van der Waals surface area contributed by atoms with E-state index in [2.05, 4.69) is 23.3 Å². The third-order valence-electron chi connectivity index (χ3n) is 4.40. The van der Waals surface area contributed by atoms with Crippen LogP contribution in [-0.4, -0.2) is 28.7 Å². The van der Waals surface area contributed by atoms with Crippen LogP contribution in [0.3, 0.4) is 0 Å². The van der Waals surface area contributed by atoms with Gasteiger partial charge >= 0.3 is 0 Å². The summed E-state index contributed by atoms with van der Waals surface area (Å²) in [4.78, 5) is 30.4. The second-order valence-electron chi connectivity index (χ2n) is 6.44. The van der Waals surface area contributed by atoms with E-state index in [9.17, 15) is 9.59 Å². The molecule has 0 saturated carbocycles. The van der Waals surface area contributed by atoms with Gasteiger partial charge in [-0.15, -0.1) is 22.9 Å². The number of hydrogen-bond donors (Lipinski definition) is 1. The molecule has 138 valence electrons. The molecule has 1 aromatic carbocycles. The van der Waals surface area contributed by atoms with E-state index in [1.54, 1.807) is 0 Å². The summed E-state index contributed by atoms with van der Waals surface area (Å²) in [7, 11) is 0. The molecule has 2 heterocycles. The first kappa shape index (κ1) is 18.9. The molecular formula is C19H22ClN3O2S. The van der Waals surface area contributed by atoms with Crippen molar-refractivity contribution in [1.29, 1.82) is 0 Å². The van der Waals surface area contributed by atoms with Gasteiger partial charge in [0.05, 0.1) is 5.69 Å². The maximum absolute atomic E-state index is 12.4. The summed E-state index contributed by atoms with van der Waals surface area (Å²) in [6.45, 7) is 4.11. The summed E-state index contributed by atoms with van der Waals surface area (Å²) in [5, 5.41) is 5.26. The van der Waals surface area contributed by atoms with Crippen LogP contribution >= 0.6 is 22.9 Å². The Bertz CT molecular complexity index is 821. The molecule has 5 nitrogen and oxygen atoms in total. The smallest absolute Gasteiger partial charge is 0.227 e. The van der Waals surface area contributed by atoms with Gasteiger partial charge in [0.25, 0.3) is 0 Å². The zero-order valence-electron chi connectivity index (χ0n) is 14.9. The normalized spacial score (nSPS) is 15.8. The highest BCUT2D eigenvalue weighted by molar-refractivity contribution is 7.14. The highest BCUT2D eigenvalue weighted by Crippen LogP contribution is 2.36. The molecule has 0 aliphatic carbocycles. The van der Waals surface area contributed by atoms with Crippen LogP contribution in [0.4, 0.5) is 10.8 Å². The Morgan fingerprint density at radius 1 is 1.38 bits per heavy atom. The van der Waals surface area contributed by atoms with Gasteiger partial charge in [0.15, 0.2) is 5.13 Å². The highest BCUT2D eigenvalue weighted by atomic mass is 35.5. The average molecular weight is 392 g/mol. The van der Waals surface area contributed by atoms with E-state index in [-0.39, 0.29) is 24.3 Å². The molecule has 0 spiro atoms. The number of alkyl halides is 1. The van der Waals surface area contributed by atoms with Crippen molar-refractivity contribution >= 4 is 45.6 Å². The van der Waals surface area contributed by atoms with Crippen LogP contribution in [0.5, 0.6) is 0 Å². The van der Waals surface area contributed by atoms with E-state index in [4.69, 9.17) is 11.6 Å². The number of hydrogen-bond acceptors (Lipinski definition) is 4. The van der Waals surface area contributed by atoms with E-state index in [0.717, 1.165) is 29.8 Å². The van der Waals surface area contributed by atoms with Crippen molar-refractivity contribution in [2.75, 3.05) is 16.1 Å². The Morgan fingerprint density at radius 3 is 2.92 bits per heavy atom. The number of benzene rings is 1. The SMILES string of the molecule is CCCC(=O)N1c2ccc(-c3csc(NC(=O)CCCl)n3)cc2CC1C. The van der Waals surface area contributed by atoms with Crippen LogP contribution in [0.15, 0.2) is 23.6 Å². The average Bonchev–Trinajstić information content (AvgIpc) is 3.17. The Balaban J connectivity index is 1.80.